The van der Waals surface area contributed by atoms with Crippen molar-refractivity contribution in [2.75, 3.05) is 11.9 Å². The molecule has 0 spiro atoms. The molecule has 22 heavy (non-hydrogen) atoms. The van der Waals surface area contributed by atoms with E-state index in [2.05, 4.69) is 50.4 Å². The molecule has 0 saturated carbocycles. The van der Waals surface area contributed by atoms with Crippen LogP contribution in [0.5, 0.6) is 0 Å². The fourth-order valence-electron chi connectivity index (χ4n) is 3.98. The van der Waals surface area contributed by atoms with Gasteiger partial charge in [-0.25, -0.2) is 0 Å². The molecule has 4 rings (SSSR count). The van der Waals surface area contributed by atoms with Crippen molar-refractivity contribution >= 4 is 5.69 Å². The van der Waals surface area contributed by atoms with Gasteiger partial charge < -0.3 is 14.8 Å². The van der Waals surface area contributed by atoms with Gasteiger partial charge in [-0.2, -0.15) is 0 Å². The fourth-order valence-corrected chi connectivity index (χ4v) is 3.98. The topological polar surface area (TPSA) is 30.5 Å². The van der Waals surface area contributed by atoms with E-state index in [9.17, 15) is 0 Å². The van der Waals surface area contributed by atoms with Crippen LogP contribution >= 0.6 is 0 Å². The van der Waals surface area contributed by atoms with E-state index in [1.807, 2.05) is 6.26 Å². The van der Waals surface area contributed by atoms with E-state index >= 15 is 0 Å². The van der Waals surface area contributed by atoms with E-state index in [1.165, 1.54) is 16.8 Å². The Morgan fingerprint density at radius 1 is 1.23 bits per heavy atom. The quantitative estimate of drug-likeness (QED) is 0.844. The standard InChI is InChI=1S/C19H25NO2/c1-19(2,3)12-6-7-15-14(11-12)18-13(8-10-22-18)17(20-15)16-5-4-9-21-16/h4,6-7,9,11,13,16-18,20H,5,8,10H2,1-3H3. The van der Waals surface area contributed by atoms with Crippen LogP contribution in [0.25, 0.3) is 0 Å². The number of hydrogen-bond acceptors (Lipinski definition) is 3. The van der Waals surface area contributed by atoms with Crippen LogP contribution in [-0.2, 0) is 14.9 Å². The van der Waals surface area contributed by atoms with Crippen LogP contribution in [0.15, 0.2) is 30.5 Å². The Balaban J connectivity index is 1.71. The average Bonchev–Trinajstić information content (AvgIpc) is 3.16. The van der Waals surface area contributed by atoms with Gasteiger partial charge in [0.05, 0.1) is 18.4 Å². The lowest BCUT2D eigenvalue weighted by molar-refractivity contribution is 0.0554. The molecule has 3 aliphatic heterocycles. The molecule has 3 nitrogen and oxygen atoms in total. The average molecular weight is 299 g/mol. The highest BCUT2D eigenvalue weighted by Gasteiger charge is 2.45. The largest absolute Gasteiger partial charge is 0.496 e. The summed E-state index contributed by atoms with van der Waals surface area (Å²) in [6, 6.07) is 7.15. The van der Waals surface area contributed by atoms with E-state index < -0.39 is 0 Å². The van der Waals surface area contributed by atoms with Crippen LogP contribution in [0.4, 0.5) is 5.69 Å². The zero-order valence-corrected chi connectivity index (χ0v) is 13.6. The van der Waals surface area contributed by atoms with E-state index in [4.69, 9.17) is 9.47 Å². The van der Waals surface area contributed by atoms with Gasteiger partial charge in [0, 0.05) is 30.2 Å². The van der Waals surface area contributed by atoms with Crippen molar-refractivity contribution in [1.82, 2.24) is 0 Å². The highest BCUT2D eigenvalue weighted by atomic mass is 16.5. The Kier molecular flexibility index (Phi) is 3.23. The van der Waals surface area contributed by atoms with Crippen LogP contribution in [0.2, 0.25) is 0 Å². The minimum Gasteiger partial charge on any atom is -0.496 e. The molecule has 1 saturated heterocycles. The Morgan fingerprint density at radius 2 is 2.09 bits per heavy atom. The van der Waals surface area contributed by atoms with Crippen molar-refractivity contribution in [2.24, 2.45) is 5.92 Å². The van der Waals surface area contributed by atoms with Crippen LogP contribution in [0, 0.1) is 5.92 Å². The van der Waals surface area contributed by atoms with Gasteiger partial charge in [0.15, 0.2) is 0 Å². The minimum absolute atomic E-state index is 0.165. The van der Waals surface area contributed by atoms with Crippen molar-refractivity contribution in [3.05, 3.63) is 41.7 Å². The summed E-state index contributed by atoms with van der Waals surface area (Å²) in [6.07, 6.45) is 6.53. The molecule has 0 radical (unpaired) electrons. The summed E-state index contributed by atoms with van der Waals surface area (Å²) in [6.45, 7) is 7.64. The summed E-state index contributed by atoms with van der Waals surface area (Å²) in [5.74, 6) is 0.507. The monoisotopic (exact) mass is 299 g/mol. The number of fused-ring (bicyclic) bond motifs is 3. The van der Waals surface area contributed by atoms with Gasteiger partial charge in [-0.1, -0.05) is 32.9 Å². The predicted octanol–water partition coefficient (Wildman–Crippen LogP) is 4.16. The van der Waals surface area contributed by atoms with Gasteiger partial charge in [0.2, 0.25) is 0 Å². The number of anilines is 1. The molecule has 4 unspecified atom stereocenters. The molecule has 0 aromatic heterocycles. The zero-order chi connectivity index (χ0) is 15.3. The second kappa shape index (κ2) is 5.02. The molecular formula is C19H25NO2. The molecule has 1 aromatic rings. The Bertz CT molecular complexity index is 594. The first-order valence-electron chi connectivity index (χ1n) is 8.37. The number of benzene rings is 1. The molecule has 0 amide bonds. The summed E-state index contributed by atoms with van der Waals surface area (Å²) < 4.78 is 11.9. The van der Waals surface area contributed by atoms with Crippen LogP contribution in [0.1, 0.15) is 50.8 Å². The highest BCUT2D eigenvalue weighted by molar-refractivity contribution is 5.58. The fraction of sp³-hybridized carbons (Fsp3) is 0.579. The lowest BCUT2D eigenvalue weighted by atomic mass is 9.78. The maximum absolute atomic E-state index is 6.12. The van der Waals surface area contributed by atoms with Crippen molar-refractivity contribution in [1.29, 1.82) is 0 Å². The van der Waals surface area contributed by atoms with E-state index in [1.54, 1.807) is 0 Å². The molecule has 1 fully saturated rings. The van der Waals surface area contributed by atoms with Crippen LogP contribution in [-0.4, -0.2) is 18.8 Å². The lowest BCUT2D eigenvalue weighted by Crippen LogP contribution is -2.44. The number of hydrogen-bond donors (Lipinski definition) is 1. The number of ether oxygens (including phenoxy) is 2. The molecule has 0 aliphatic carbocycles. The Hall–Kier alpha value is -1.48. The van der Waals surface area contributed by atoms with E-state index in [-0.39, 0.29) is 17.6 Å². The highest BCUT2D eigenvalue weighted by Crippen LogP contribution is 2.47. The maximum Gasteiger partial charge on any atom is 0.122 e. The summed E-state index contributed by atoms with van der Waals surface area (Å²) in [5.41, 5.74) is 4.09. The second-order valence-corrected chi connectivity index (χ2v) is 7.75. The second-order valence-electron chi connectivity index (χ2n) is 7.75. The van der Waals surface area contributed by atoms with Crippen LogP contribution < -0.4 is 5.32 Å². The summed E-state index contributed by atoms with van der Waals surface area (Å²) >= 11 is 0. The summed E-state index contributed by atoms with van der Waals surface area (Å²) in [5, 5.41) is 3.74. The zero-order valence-electron chi connectivity index (χ0n) is 13.6. The van der Waals surface area contributed by atoms with Crippen molar-refractivity contribution in [3.63, 3.8) is 0 Å². The first-order valence-corrected chi connectivity index (χ1v) is 8.37. The van der Waals surface area contributed by atoms with Gasteiger partial charge in [0.1, 0.15) is 6.10 Å². The molecule has 118 valence electrons. The Morgan fingerprint density at radius 3 is 2.82 bits per heavy atom. The third kappa shape index (κ3) is 2.23. The third-order valence-corrected chi connectivity index (χ3v) is 5.26. The summed E-state index contributed by atoms with van der Waals surface area (Å²) in [7, 11) is 0. The maximum atomic E-state index is 6.12. The third-order valence-electron chi connectivity index (χ3n) is 5.26. The van der Waals surface area contributed by atoms with Crippen molar-refractivity contribution in [2.45, 2.75) is 57.3 Å². The molecule has 0 bridgehead atoms. The molecule has 3 aliphatic rings. The first kappa shape index (κ1) is 14.1. The van der Waals surface area contributed by atoms with Gasteiger partial charge in [-0.15, -0.1) is 0 Å². The van der Waals surface area contributed by atoms with Crippen molar-refractivity contribution < 1.29 is 9.47 Å². The molecular weight excluding hydrogens is 274 g/mol. The number of nitrogens with one attached hydrogen (secondary N) is 1. The SMILES string of the molecule is CC(C)(C)c1ccc2c(c1)C1OCCC1C(C1CC=CO1)N2. The normalized spacial score (nSPS) is 33.0. The van der Waals surface area contributed by atoms with Crippen LogP contribution in [0.3, 0.4) is 0 Å². The molecule has 1 aromatic carbocycles. The van der Waals surface area contributed by atoms with Crippen molar-refractivity contribution in [3.8, 4) is 0 Å². The van der Waals surface area contributed by atoms with Gasteiger partial charge in [-0.3, -0.25) is 0 Å². The predicted molar refractivity (Wildman–Crippen MR) is 88.0 cm³/mol. The molecule has 1 N–H and O–H groups in total. The molecule has 3 heterocycles. The lowest BCUT2D eigenvalue weighted by Gasteiger charge is -2.39. The first-order chi connectivity index (χ1) is 10.5. The number of rotatable bonds is 1. The molecule has 4 atom stereocenters. The smallest absolute Gasteiger partial charge is 0.122 e. The van der Waals surface area contributed by atoms with E-state index in [0.29, 0.717) is 12.0 Å². The van der Waals surface area contributed by atoms with E-state index in [0.717, 1.165) is 19.4 Å². The minimum atomic E-state index is 0.165. The molecule has 3 heteroatoms. The van der Waals surface area contributed by atoms with Gasteiger partial charge in [-0.05, 0) is 29.5 Å². The van der Waals surface area contributed by atoms with Gasteiger partial charge in [0.25, 0.3) is 0 Å². The summed E-state index contributed by atoms with van der Waals surface area (Å²) in [4.78, 5) is 0. The van der Waals surface area contributed by atoms with Gasteiger partial charge >= 0.3 is 0 Å². The Labute approximate surface area is 132 Å².